The van der Waals surface area contributed by atoms with Crippen molar-refractivity contribution in [1.82, 2.24) is 0 Å². The molecule has 0 aromatic heterocycles. The van der Waals surface area contributed by atoms with E-state index in [1.165, 1.54) is 0 Å². The molecule has 1 aromatic rings. The topological polar surface area (TPSA) is 52.3 Å². The van der Waals surface area contributed by atoms with Gasteiger partial charge in [-0.05, 0) is 17.7 Å². The summed E-state index contributed by atoms with van der Waals surface area (Å²) in [6.45, 7) is 2.95. The lowest BCUT2D eigenvalue weighted by molar-refractivity contribution is 0.342. The average Bonchev–Trinajstić information content (AvgIpc) is 2.29. The summed E-state index contributed by atoms with van der Waals surface area (Å²) in [6, 6.07) is 7.65. The van der Waals surface area contributed by atoms with Crippen LogP contribution in [0.3, 0.4) is 0 Å². The van der Waals surface area contributed by atoms with Crippen LogP contribution in [0.2, 0.25) is 0 Å². The fourth-order valence-electron chi connectivity index (χ4n) is 1.12. The summed E-state index contributed by atoms with van der Waals surface area (Å²) in [5.74, 6) is 2.09. The van der Waals surface area contributed by atoms with E-state index in [2.05, 4.69) is 0 Å². The Morgan fingerprint density at radius 1 is 1.33 bits per heavy atom. The fraction of sp³-hybridized carbons (Fsp3) is 0.455. The molecular formula is C11H17NO2S. The van der Waals surface area contributed by atoms with E-state index < -0.39 is 10.8 Å². The second-order valence-electron chi connectivity index (χ2n) is 3.13. The molecule has 0 amide bonds. The van der Waals surface area contributed by atoms with Crippen molar-refractivity contribution >= 4 is 10.8 Å². The van der Waals surface area contributed by atoms with Crippen LogP contribution < -0.4 is 10.5 Å². The monoisotopic (exact) mass is 227 g/mol. The molecule has 0 saturated carbocycles. The Labute approximate surface area is 93.1 Å². The average molecular weight is 227 g/mol. The van der Waals surface area contributed by atoms with Crippen LogP contribution in [0.15, 0.2) is 24.3 Å². The summed E-state index contributed by atoms with van der Waals surface area (Å²) in [7, 11) is -0.752. The molecule has 1 unspecified atom stereocenters. The van der Waals surface area contributed by atoms with E-state index in [1.54, 1.807) is 0 Å². The van der Waals surface area contributed by atoms with E-state index >= 15 is 0 Å². The van der Waals surface area contributed by atoms with E-state index in [0.717, 1.165) is 11.3 Å². The maximum Gasteiger partial charge on any atom is 0.119 e. The molecule has 0 saturated heterocycles. The summed E-state index contributed by atoms with van der Waals surface area (Å²) in [6.07, 6.45) is 0. The molecule has 4 heteroatoms. The van der Waals surface area contributed by atoms with Gasteiger partial charge in [-0.3, -0.25) is 4.21 Å². The molecule has 0 radical (unpaired) electrons. The highest BCUT2D eigenvalue weighted by molar-refractivity contribution is 7.84. The van der Waals surface area contributed by atoms with Crippen LogP contribution in [0, 0.1) is 0 Å². The summed E-state index contributed by atoms with van der Waals surface area (Å²) in [5.41, 5.74) is 6.56. The second kappa shape index (κ2) is 6.58. The Kier molecular flexibility index (Phi) is 5.36. The molecule has 0 spiro atoms. The van der Waals surface area contributed by atoms with E-state index in [4.69, 9.17) is 10.5 Å². The van der Waals surface area contributed by atoms with Gasteiger partial charge in [-0.2, -0.15) is 0 Å². The molecule has 84 valence electrons. The standard InChI is InChI=1S/C11H17NO2S/c1-2-15(13)8-7-14-11-5-3-10(9-12)4-6-11/h3-6H,2,7-9,12H2,1H3. The van der Waals surface area contributed by atoms with Crippen molar-refractivity contribution < 1.29 is 8.95 Å². The fourth-order valence-corrected chi connectivity index (χ4v) is 1.68. The highest BCUT2D eigenvalue weighted by Crippen LogP contribution is 2.11. The minimum absolute atomic E-state index is 0.502. The lowest BCUT2D eigenvalue weighted by atomic mass is 10.2. The van der Waals surface area contributed by atoms with Gasteiger partial charge in [-0.15, -0.1) is 0 Å². The van der Waals surface area contributed by atoms with E-state index in [1.807, 2.05) is 31.2 Å². The summed E-state index contributed by atoms with van der Waals surface area (Å²) in [4.78, 5) is 0. The van der Waals surface area contributed by atoms with Crippen molar-refractivity contribution in [3.8, 4) is 5.75 Å². The first-order valence-electron chi connectivity index (χ1n) is 5.03. The van der Waals surface area contributed by atoms with E-state index in [0.29, 0.717) is 24.7 Å². The van der Waals surface area contributed by atoms with Crippen LogP contribution in [0.1, 0.15) is 12.5 Å². The molecule has 2 N–H and O–H groups in total. The van der Waals surface area contributed by atoms with E-state index in [-0.39, 0.29) is 0 Å². The maximum atomic E-state index is 11.1. The van der Waals surface area contributed by atoms with Crippen molar-refractivity contribution in [2.75, 3.05) is 18.1 Å². The predicted molar refractivity (Wildman–Crippen MR) is 63.4 cm³/mol. The van der Waals surface area contributed by atoms with Gasteiger partial charge in [-0.25, -0.2) is 0 Å². The van der Waals surface area contributed by atoms with Gasteiger partial charge in [0.1, 0.15) is 5.75 Å². The quantitative estimate of drug-likeness (QED) is 0.797. The smallest absolute Gasteiger partial charge is 0.119 e. The van der Waals surface area contributed by atoms with Crippen LogP contribution in [0.5, 0.6) is 5.75 Å². The highest BCUT2D eigenvalue weighted by Gasteiger charge is 1.97. The number of hydrogen-bond acceptors (Lipinski definition) is 3. The molecule has 0 bridgehead atoms. The van der Waals surface area contributed by atoms with Crippen molar-refractivity contribution in [3.63, 3.8) is 0 Å². The Morgan fingerprint density at radius 3 is 2.53 bits per heavy atom. The zero-order valence-electron chi connectivity index (χ0n) is 8.94. The lowest BCUT2D eigenvalue weighted by Gasteiger charge is -2.05. The summed E-state index contributed by atoms with van der Waals surface area (Å²) < 4.78 is 16.6. The molecule has 0 fully saturated rings. The molecule has 1 atom stereocenters. The van der Waals surface area contributed by atoms with Crippen LogP contribution in [-0.2, 0) is 17.3 Å². The van der Waals surface area contributed by atoms with Crippen LogP contribution in [-0.4, -0.2) is 22.3 Å². The zero-order chi connectivity index (χ0) is 11.1. The van der Waals surface area contributed by atoms with Crippen LogP contribution in [0.4, 0.5) is 0 Å². The van der Waals surface area contributed by atoms with E-state index in [9.17, 15) is 4.21 Å². The molecule has 1 rings (SSSR count). The predicted octanol–water partition coefficient (Wildman–Crippen LogP) is 1.29. The van der Waals surface area contributed by atoms with Crippen LogP contribution >= 0.6 is 0 Å². The highest BCUT2D eigenvalue weighted by atomic mass is 32.2. The molecule has 0 aliphatic carbocycles. The van der Waals surface area contributed by atoms with Crippen molar-refractivity contribution in [2.45, 2.75) is 13.5 Å². The van der Waals surface area contributed by atoms with Gasteiger partial charge >= 0.3 is 0 Å². The van der Waals surface area contributed by atoms with Crippen molar-refractivity contribution in [3.05, 3.63) is 29.8 Å². The van der Waals surface area contributed by atoms with Gasteiger partial charge in [0.15, 0.2) is 0 Å². The Balaban J connectivity index is 2.34. The zero-order valence-corrected chi connectivity index (χ0v) is 9.76. The van der Waals surface area contributed by atoms with Crippen LogP contribution in [0.25, 0.3) is 0 Å². The lowest BCUT2D eigenvalue weighted by Crippen LogP contribution is -2.09. The minimum atomic E-state index is -0.752. The van der Waals surface area contributed by atoms with Gasteiger partial charge < -0.3 is 10.5 Å². The van der Waals surface area contributed by atoms with Gasteiger partial charge in [0.25, 0.3) is 0 Å². The van der Waals surface area contributed by atoms with Gasteiger partial charge in [0.05, 0.1) is 12.4 Å². The van der Waals surface area contributed by atoms with Gasteiger partial charge in [0.2, 0.25) is 0 Å². The normalized spacial score (nSPS) is 12.4. The SMILES string of the molecule is CCS(=O)CCOc1ccc(CN)cc1. The first kappa shape index (κ1) is 12.2. The maximum absolute atomic E-state index is 11.1. The Morgan fingerprint density at radius 2 is 2.00 bits per heavy atom. The molecule has 3 nitrogen and oxygen atoms in total. The summed E-state index contributed by atoms with van der Waals surface area (Å²) in [5, 5.41) is 0. The van der Waals surface area contributed by atoms with Crippen molar-refractivity contribution in [2.24, 2.45) is 5.73 Å². The molecular weight excluding hydrogens is 210 g/mol. The second-order valence-corrected chi connectivity index (χ2v) is 4.99. The molecule has 0 aliphatic rings. The number of nitrogens with two attached hydrogens (primary N) is 1. The third-order valence-electron chi connectivity index (χ3n) is 2.06. The number of rotatable bonds is 6. The third kappa shape index (κ3) is 4.44. The Hall–Kier alpha value is -0.870. The number of ether oxygens (including phenoxy) is 1. The molecule has 0 aliphatic heterocycles. The number of hydrogen-bond donors (Lipinski definition) is 1. The van der Waals surface area contributed by atoms with Gasteiger partial charge in [0, 0.05) is 23.1 Å². The van der Waals surface area contributed by atoms with Crippen molar-refractivity contribution in [1.29, 1.82) is 0 Å². The first-order valence-corrected chi connectivity index (χ1v) is 6.52. The first-order chi connectivity index (χ1) is 7.26. The molecule has 1 aromatic carbocycles. The minimum Gasteiger partial charge on any atom is -0.493 e. The number of benzene rings is 1. The Bertz CT molecular complexity index is 311. The summed E-state index contributed by atoms with van der Waals surface area (Å²) >= 11 is 0. The third-order valence-corrected chi connectivity index (χ3v) is 3.33. The molecule has 0 heterocycles. The van der Waals surface area contributed by atoms with Gasteiger partial charge in [-0.1, -0.05) is 19.1 Å². The molecule has 15 heavy (non-hydrogen) atoms. The largest absolute Gasteiger partial charge is 0.493 e.